The fourth-order valence-electron chi connectivity index (χ4n) is 1.92. The van der Waals surface area contributed by atoms with Crippen LogP contribution in [0.2, 0.25) is 0 Å². The lowest BCUT2D eigenvalue weighted by Gasteiger charge is -2.01. The van der Waals surface area contributed by atoms with Crippen molar-refractivity contribution < 1.29 is 0 Å². The quantitative estimate of drug-likeness (QED) is 0.900. The first kappa shape index (κ1) is 10.7. The van der Waals surface area contributed by atoms with Gasteiger partial charge in [0.15, 0.2) is 5.16 Å². The van der Waals surface area contributed by atoms with Crippen LogP contribution in [0, 0.1) is 0 Å². The molecule has 1 aromatic heterocycles. The van der Waals surface area contributed by atoms with Crippen LogP contribution in [-0.4, -0.2) is 20.0 Å². The maximum atomic E-state index is 5.66. The van der Waals surface area contributed by atoms with E-state index in [1.807, 2.05) is 11.6 Å². The van der Waals surface area contributed by atoms with Crippen LogP contribution >= 0.6 is 11.8 Å². The molecule has 0 aliphatic heterocycles. The molecule has 0 radical (unpaired) electrons. The molecule has 1 aromatic carbocycles. The van der Waals surface area contributed by atoms with Crippen LogP contribution in [0.25, 0.3) is 0 Å². The summed E-state index contributed by atoms with van der Waals surface area (Å²) in [7, 11) is 1.90. The summed E-state index contributed by atoms with van der Waals surface area (Å²) in [4.78, 5) is 0. The number of thioether (sulfide) groups is 1. The minimum absolute atomic E-state index is 0.476. The molecule has 17 heavy (non-hydrogen) atoms. The highest BCUT2D eigenvalue weighted by Gasteiger charge is 2.40. The van der Waals surface area contributed by atoms with Gasteiger partial charge in [-0.05, 0) is 17.9 Å². The predicted molar refractivity (Wildman–Crippen MR) is 68.9 cm³/mol. The molecule has 2 N–H and O–H groups in total. The Kier molecular flexibility index (Phi) is 2.55. The molecule has 3 rings (SSSR count). The second kappa shape index (κ2) is 4.07. The molecule has 1 aliphatic carbocycles. The fourth-order valence-corrected chi connectivity index (χ4v) is 3.15. The van der Waals surface area contributed by atoms with E-state index in [0.29, 0.717) is 17.1 Å². The maximum absolute atomic E-state index is 5.66. The van der Waals surface area contributed by atoms with Gasteiger partial charge in [0.05, 0.1) is 0 Å². The molecule has 1 aliphatic rings. The highest BCUT2D eigenvalue weighted by molar-refractivity contribution is 8.00. The second-order valence-corrected chi connectivity index (χ2v) is 5.52. The molecule has 1 fully saturated rings. The molecule has 4 nitrogen and oxygen atoms in total. The van der Waals surface area contributed by atoms with E-state index in [1.165, 1.54) is 12.0 Å². The van der Waals surface area contributed by atoms with Crippen molar-refractivity contribution in [2.75, 3.05) is 5.73 Å². The van der Waals surface area contributed by atoms with Gasteiger partial charge in [0, 0.05) is 12.3 Å². The van der Waals surface area contributed by atoms with E-state index in [2.05, 4.69) is 40.5 Å². The van der Waals surface area contributed by atoms with E-state index in [1.54, 1.807) is 11.8 Å². The molecule has 0 bridgehead atoms. The smallest absolute Gasteiger partial charge is 0.222 e. The van der Waals surface area contributed by atoms with Crippen LogP contribution in [0.4, 0.5) is 5.95 Å². The van der Waals surface area contributed by atoms with Crippen molar-refractivity contribution in [1.82, 2.24) is 14.8 Å². The number of nitrogen functional groups attached to an aromatic ring is 1. The van der Waals surface area contributed by atoms with Crippen molar-refractivity contribution in [2.45, 2.75) is 22.7 Å². The normalized spacial score (nSPS) is 22.6. The highest BCUT2D eigenvalue weighted by Crippen LogP contribution is 2.51. The first-order valence-corrected chi connectivity index (χ1v) is 6.50. The summed E-state index contributed by atoms with van der Waals surface area (Å²) in [5, 5.41) is 9.46. The molecule has 5 heteroatoms. The average molecular weight is 246 g/mol. The first-order valence-electron chi connectivity index (χ1n) is 5.62. The van der Waals surface area contributed by atoms with Crippen LogP contribution in [0.5, 0.6) is 0 Å². The number of rotatable bonds is 3. The van der Waals surface area contributed by atoms with E-state index in [4.69, 9.17) is 5.73 Å². The summed E-state index contributed by atoms with van der Waals surface area (Å²) >= 11 is 1.77. The van der Waals surface area contributed by atoms with Crippen molar-refractivity contribution in [2.24, 2.45) is 7.05 Å². The first-order chi connectivity index (χ1) is 8.25. The summed E-state index contributed by atoms with van der Waals surface area (Å²) < 4.78 is 1.84. The van der Waals surface area contributed by atoms with Gasteiger partial charge in [-0.15, -0.1) is 10.2 Å². The molecule has 88 valence electrons. The Balaban J connectivity index is 1.68. The van der Waals surface area contributed by atoms with E-state index in [-0.39, 0.29) is 0 Å². The van der Waals surface area contributed by atoms with Crippen molar-refractivity contribution in [3.8, 4) is 0 Å². The Labute approximate surface area is 104 Å². The van der Waals surface area contributed by atoms with Gasteiger partial charge in [-0.1, -0.05) is 42.1 Å². The van der Waals surface area contributed by atoms with Crippen LogP contribution in [0.1, 0.15) is 17.9 Å². The molecular weight excluding hydrogens is 232 g/mol. The summed E-state index contributed by atoms with van der Waals surface area (Å²) in [5.41, 5.74) is 7.08. The van der Waals surface area contributed by atoms with E-state index in [9.17, 15) is 0 Å². The van der Waals surface area contributed by atoms with Gasteiger partial charge in [-0.3, -0.25) is 4.57 Å². The lowest BCUT2D eigenvalue weighted by molar-refractivity contribution is 0.795. The number of benzene rings is 1. The third kappa shape index (κ3) is 2.02. The molecule has 2 unspecified atom stereocenters. The Morgan fingerprint density at radius 3 is 2.71 bits per heavy atom. The number of aromatic nitrogens is 3. The van der Waals surface area contributed by atoms with Crippen molar-refractivity contribution in [3.63, 3.8) is 0 Å². The van der Waals surface area contributed by atoms with Gasteiger partial charge in [0.25, 0.3) is 0 Å². The molecule has 1 heterocycles. The van der Waals surface area contributed by atoms with Gasteiger partial charge in [-0.25, -0.2) is 0 Å². The van der Waals surface area contributed by atoms with E-state index >= 15 is 0 Å². The fraction of sp³-hybridized carbons (Fsp3) is 0.333. The minimum atomic E-state index is 0.476. The van der Waals surface area contributed by atoms with E-state index in [0.717, 1.165) is 5.16 Å². The van der Waals surface area contributed by atoms with Gasteiger partial charge >= 0.3 is 0 Å². The van der Waals surface area contributed by atoms with Gasteiger partial charge < -0.3 is 5.73 Å². The summed E-state index contributed by atoms with van der Waals surface area (Å²) in [6.45, 7) is 0. The zero-order valence-corrected chi connectivity index (χ0v) is 10.4. The Morgan fingerprint density at radius 1 is 1.29 bits per heavy atom. The molecule has 0 saturated heterocycles. The standard InChI is InChI=1S/C12H14N4S/c1-16-11(13)14-15-12(16)17-10-7-9(10)8-5-3-2-4-6-8/h2-6,9-10H,7H2,1H3,(H2,13,14). The average Bonchev–Trinajstić information content (AvgIpc) is 3.06. The maximum Gasteiger partial charge on any atom is 0.222 e. The lowest BCUT2D eigenvalue weighted by atomic mass is 10.1. The molecule has 0 amide bonds. The van der Waals surface area contributed by atoms with Crippen molar-refractivity contribution >= 4 is 17.7 Å². The lowest BCUT2D eigenvalue weighted by Crippen LogP contribution is -1.98. The number of nitrogens with two attached hydrogens (primary N) is 1. The number of anilines is 1. The summed E-state index contributed by atoms with van der Waals surface area (Å²) in [6.07, 6.45) is 1.21. The zero-order chi connectivity index (χ0) is 11.8. The largest absolute Gasteiger partial charge is 0.368 e. The number of nitrogens with zero attached hydrogens (tertiary/aromatic N) is 3. The SMILES string of the molecule is Cn1c(N)nnc1SC1CC1c1ccccc1. The third-order valence-corrected chi connectivity index (χ3v) is 4.48. The Hall–Kier alpha value is -1.49. The van der Waals surface area contributed by atoms with Gasteiger partial charge in [-0.2, -0.15) is 0 Å². The van der Waals surface area contributed by atoms with Crippen molar-refractivity contribution in [3.05, 3.63) is 35.9 Å². The van der Waals surface area contributed by atoms with Crippen LogP contribution in [0.15, 0.2) is 35.5 Å². The summed E-state index contributed by atoms with van der Waals surface area (Å²) in [6, 6.07) is 10.6. The van der Waals surface area contributed by atoms with Crippen molar-refractivity contribution in [1.29, 1.82) is 0 Å². The van der Waals surface area contributed by atoms with Crippen LogP contribution < -0.4 is 5.73 Å². The third-order valence-electron chi connectivity index (χ3n) is 3.08. The second-order valence-electron chi connectivity index (χ2n) is 4.31. The Bertz CT molecular complexity index is 523. The number of hydrogen-bond donors (Lipinski definition) is 1. The predicted octanol–water partition coefficient (Wildman–Crippen LogP) is 2.05. The molecule has 2 aromatic rings. The van der Waals surface area contributed by atoms with Gasteiger partial charge in [0.2, 0.25) is 5.95 Å². The van der Waals surface area contributed by atoms with Gasteiger partial charge in [0.1, 0.15) is 0 Å². The van der Waals surface area contributed by atoms with Crippen LogP contribution in [0.3, 0.4) is 0 Å². The summed E-state index contributed by atoms with van der Waals surface area (Å²) in [5.74, 6) is 1.13. The molecule has 1 saturated carbocycles. The minimum Gasteiger partial charge on any atom is -0.368 e. The molecule has 0 spiro atoms. The monoisotopic (exact) mass is 246 g/mol. The Morgan fingerprint density at radius 2 is 2.06 bits per heavy atom. The zero-order valence-electron chi connectivity index (χ0n) is 9.58. The number of hydrogen-bond acceptors (Lipinski definition) is 4. The topological polar surface area (TPSA) is 56.7 Å². The van der Waals surface area contributed by atoms with Crippen LogP contribution in [-0.2, 0) is 7.05 Å². The molecular formula is C12H14N4S. The molecule has 2 atom stereocenters. The highest BCUT2D eigenvalue weighted by atomic mass is 32.2. The van der Waals surface area contributed by atoms with E-state index < -0.39 is 0 Å².